The van der Waals surface area contributed by atoms with Crippen LogP contribution in [0.15, 0.2) is 18.2 Å². The number of benzene rings is 1. The molecule has 0 aliphatic carbocycles. The standard InChI is InChI=1S/C15H22N2O2.ClH/c1-11-5-6-12(2)14(8-11)19-10-15(18)17-9-13-4-3-7-16-13;/h5-6,8,13,16H,3-4,7,9-10H2,1-2H3,(H,17,18);1H. The molecule has 0 bridgehead atoms. The van der Waals surface area contributed by atoms with Crippen molar-refractivity contribution in [1.82, 2.24) is 10.6 Å². The van der Waals surface area contributed by atoms with Gasteiger partial charge >= 0.3 is 0 Å². The minimum atomic E-state index is -0.0605. The molecule has 20 heavy (non-hydrogen) atoms. The van der Waals surface area contributed by atoms with E-state index in [0.29, 0.717) is 12.6 Å². The summed E-state index contributed by atoms with van der Waals surface area (Å²) in [7, 11) is 0. The highest BCUT2D eigenvalue weighted by Crippen LogP contribution is 2.18. The zero-order valence-electron chi connectivity index (χ0n) is 12.1. The topological polar surface area (TPSA) is 50.4 Å². The van der Waals surface area contributed by atoms with E-state index in [2.05, 4.69) is 10.6 Å². The van der Waals surface area contributed by atoms with Crippen molar-refractivity contribution in [2.24, 2.45) is 0 Å². The number of amides is 1. The molecule has 5 heteroatoms. The predicted octanol–water partition coefficient (Wildman–Crippen LogP) is 1.97. The van der Waals surface area contributed by atoms with Gasteiger partial charge in [-0.15, -0.1) is 12.4 Å². The molecule has 1 aromatic rings. The van der Waals surface area contributed by atoms with E-state index in [0.717, 1.165) is 29.8 Å². The molecule has 1 atom stereocenters. The van der Waals surface area contributed by atoms with Gasteiger partial charge < -0.3 is 15.4 Å². The number of nitrogens with one attached hydrogen (secondary N) is 2. The van der Waals surface area contributed by atoms with E-state index in [9.17, 15) is 4.79 Å². The summed E-state index contributed by atoms with van der Waals surface area (Å²) in [6, 6.07) is 6.42. The van der Waals surface area contributed by atoms with Crippen LogP contribution in [0.2, 0.25) is 0 Å². The average Bonchev–Trinajstić information content (AvgIpc) is 2.90. The third-order valence-corrected chi connectivity index (χ3v) is 3.41. The van der Waals surface area contributed by atoms with Crippen molar-refractivity contribution in [2.45, 2.75) is 32.7 Å². The van der Waals surface area contributed by atoms with Crippen LogP contribution in [0.1, 0.15) is 24.0 Å². The monoisotopic (exact) mass is 298 g/mol. The van der Waals surface area contributed by atoms with Crippen molar-refractivity contribution in [3.8, 4) is 5.75 Å². The molecule has 1 aliphatic rings. The number of hydrogen-bond acceptors (Lipinski definition) is 3. The largest absolute Gasteiger partial charge is 0.483 e. The Labute approximate surface area is 126 Å². The summed E-state index contributed by atoms with van der Waals surface area (Å²) in [5, 5.41) is 6.25. The van der Waals surface area contributed by atoms with Gasteiger partial charge in [0.15, 0.2) is 6.61 Å². The smallest absolute Gasteiger partial charge is 0.257 e. The first-order valence-corrected chi connectivity index (χ1v) is 6.85. The Kier molecular flexibility index (Phi) is 6.82. The Bertz CT molecular complexity index is 445. The Morgan fingerprint density at radius 1 is 1.45 bits per heavy atom. The predicted molar refractivity (Wildman–Crippen MR) is 82.7 cm³/mol. The molecule has 4 nitrogen and oxygen atoms in total. The summed E-state index contributed by atoms with van der Waals surface area (Å²) in [6.07, 6.45) is 2.33. The van der Waals surface area contributed by atoms with Crippen molar-refractivity contribution in [2.75, 3.05) is 19.7 Å². The second-order valence-corrected chi connectivity index (χ2v) is 5.15. The lowest BCUT2D eigenvalue weighted by Crippen LogP contribution is -2.39. The number of carbonyl (C=O) groups excluding carboxylic acids is 1. The van der Waals surface area contributed by atoms with Crippen LogP contribution in [0.3, 0.4) is 0 Å². The molecule has 1 unspecified atom stereocenters. The van der Waals surface area contributed by atoms with Crippen LogP contribution < -0.4 is 15.4 Å². The SMILES string of the molecule is Cc1ccc(C)c(OCC(=O)NCC2CCCN2)c1.Cl. The molecule has 0 spiro atoms. The quantitative estimate of drug-likeness (QED) is 0.874. The first kappa shape index (κ1) is 16.8. The number of halogens is 1. The number of aryl methyl sites for hydroxylation is 2. The van der Waals surface area contributed by atoms with Crippen LogP contribution in [0.4, 0.5) is 0 Å². The summed E-state index contributed by atoms with van der Waals surface area (Å²) >= 11 is 0. The van der Waals surface area contributed by atoms with E-state index < -0.39 is 0 Å². The molecule has 1 fully saturated rings. The molecular formula is C15H23ClN2O2. The lowest BCUT2D eigenvalue weighted by atomic mass is 10.1. The summed E-state index contributed by atoms with van der Waals surface area (Å²) in [4.78, 5) is 11.7. The highest BCUT2D eigenvalue weighted by molar-refractivity contribution is 5.85. The van der Waals surface area contributed by atoms with Crippen LogP contribution in [0, 0.1) is 13.8 Å². The fraction of sp³-hybridized carbons (Fsp3) is 0.533. The molecule has 0 radical (unpaired) electrons. The summed E-state index contributed by atoms with van der Waals surface area (Å²) in [5.41, 5.74) is 2.19. The lowest BCUT2D eigenvalue weighted by molar-refractivity contribution is -0.123. The zero-order chi connectivity index (χ0) is 13.7. The maximum Gasteiger partial charge on any atom is 0.257 e. The van der Waals surface area contributed by atoms with Gasteiger partial charge in [-0.25, -0.2) is 0 Å². The Balaban J connectivity index is 0.00000200. The molecule has 0 saturated carbocycles. The van der Waals surface area contributed by atoms with Gasteiger partial charge in [-0.3, -0.25) is 4.79 Å². The van der Waals surface area contributed by atoms with Crippen molar-refractivity contribution >= 4 is 18.3 Å². The van der Waals surface area contributed by atoms with Crippen molar-refractivity contribution < 1.29 is 9.53 Å². The van der Waals surface area contributed by atoms with Crippen molar-refractivity contribution in [1.29, 1.82) is 0 Å². The van der Waals surface area contributed by atoms with E-state index >= 15 is 0 Å². The Morgan fingerprint density at radius 2 is 2.25 bits per heavy atom. The summed E-state index contributed by atoms with van der Waals surface area (Å²) in [5.74, 6) is 0.726. The van der Waals surface area contributed by atoms with Crippen LogP contribution in [-0.2, 0) is 4.79 Å². The van der Waals surface area contributed by atoms with Gasteiger partial charge in [-0.2, -0.15) is 0 Å². The normalized spacial score (nSPS) is 17.4. The van der Waals surface area contributed by atoms with Crippen molar-refractivity contribution in [3.05, 3.63) is 29.3 Å². The molecule has 112 valence electrons. The van der Waals surface area contributed by atoms with E-state index in [1.807, 2.05) is 32.0 Å². The van der Waals surface area contributed by atoms with Gasteiger partial charge in [0.2, 0.25) is 0 Å². The summed E-state index contributed by atoms with van der Waals surface area (Å²) in [6.45, 7) is 5.82. The van der Waals surface area contributed by atoms with Crippen LogP contribution in [-0.4, -0.2) is 31.6 Å². The second kappa shape index (κ2) is 8.12. The molecule has 1 saturated heterocycles. The van der Waals surface area contributed by atoms with E-state index in [4.69, 9.17) is 4.74 Å². The number of carbonyl (C=O) groups is 1. The fourth-order valence-corrected chi connectivity index (χ4v) is 2.23. The van der Waals surface area contributed by atoms with Gasteiger partial charge in [-0.1, -0.05) is 12.1 Å². The maximum absolute atomic E-state index is 11.7. The zero-order valence-corrected chi connectivity index (χ0v) is 12.9. The fourth-order valence-electron chi connectivity index (χ4n) is 2.23. The first-order valence-electron chi connectivity index (χ1n) is 6.85. The first-order chi connectivity index (χ1) is 9.15. The number of ether oxygens (including phenoxy) is 1. The van der Waals surface area contributed by atoms with Crippen LogP contribution in [0.25, 0.3) is 0 Å². The Morgan fingerprint density at radius 3 is 2.95 bits per heavy atom. The van der Waals surface area contributed by atoms with Gasteiger partial charge in [-0.05, 0) is 50.4 Å². The van der Waals surface area contributed by atoms with Gasteiger partial charge in [0.1, 0.15) is 5.75 Å². The molecule has 1 amide bonds. The van der Waals surface area contributed by atoms with Crippen LogP contribution in [0.5, 0.6) is 5.75 Å². The van der Waals surface area contributed by atoms with Crippen LogP contribution >= 0.6 is 12.4 Å². The average molecular weight is 299 g/mol. The third kappa shape index (κ3) is 5.02. The van der Waals surface area contributed by atoms with Gasteiger partial charge in [0.05, 0.1) is 0 Å². The van der Waals surface area contributed by atoms with Gasteiger partial charge in [0, 0.05) is 12.6 Å². The second-order valence-electron chi connectivity index (χ2n) is 5.15. The Hall–Kier alpha value is -1.26. The molecule has 1 heterocycles. The molecule has 2 N–H and O–H groups in total. The number of rotatable bonds is 5. The third-order valence-electron chi connectivity index (χ3n) is 3.41. The molecule has 2 rings (SSSR count). The van der Waals surface area contributed by atoms with Gasteiger partial charge in [0.25, 0.3) is 5.91 Å². The van der Waals surface area contributed by atoms with E-state index in [-0.39, 0.29) is 24.9 Å². The molecule has 1 aromatic carbocycles. The minimum Gasteiger partial charge on any atom is -0.483 e. The van der Waals surface area contributed by atoms with E-state index in [1.165, 1.54) is 6.42 Å². The molecule has 1 aliphatic heterocycles. The minimum absolute atomic E-state index is 0. The molecule has 0 aromatic heterocycles. The highest BCUT2D eigenvalue weighted by Gasteiger charge is 2.14. The maximum atomic E-state index is 11.7. The number of hydrogen-bond donors (Lipinski definition) is 2. The summed E-state index contributed by atoms with van der Waals surface area (Å²) < 4.78 is 5.56. The van der Waals surface area contributed by atoms with E-state index in [1.54, 1.807) is 0 Å². The lowest BCUT2D eigenvalue weighted by Gasteiger charge is -2.13. The molecular weight excluding hydrogens is 276 g/mol. The van der Waals surface area contributed by atoms with Crippen molar-refractivity contribution in [3.63, 3.8) is 0 Å². The highest BCUT2D eigenvalue weighted by atomic mass is 35.5.